The molecule has 0 amide bonds. The van der Waals surface area contributed by atoms with Crippen molar-refractivity contribution >= 4 is 0 Å². The van der Waals surface area contributed by atoms with E-state index in [2.05, 4.69) is 0 Å². The van der Waals surface area contributed by atoms with Crippen LogP contribution in [0.3, 0.4) is 0 Å². The molecule has 2 fully saturated rings. The predicted molar refractivity (Wildman–Crippen MR) is 73.6 cm³/mol. The third-order valence-corrected chi connectivity index (χ3v) is 4.86. The van der Waals surface area contributed by atoms with E-state index in [4.69, 9.17) is 15.2 Å². The number of hydrogen-bond donors (Lipinski definition) is 1. The van der Waals surface area contributed by atoms with Gasteiger partial charge in [0.2, 0.25) is 0 Å². The zero-order valence-corrected chi connectivity index (χ0v) is 11.8. The van der Waals surface area contributed by atoms with Gasteiger partial charge in [-0.2, -0.15) is 0 Å². The molecule has 1 aliphatic carbocycles. The minimum absolute atomic E-state index is 0.0604. The molecule has 18 heavy (non-hydrogen) atoms. The van der Waals surface area contributed by atoms with Crippen molar-refractivity contribution in [1.29, 1.82) is 0 Å². The highest BCUT2D eigenvalue weighted by atomic mass is 16.5. The Balaban J connectivity index is 1.84. The highest BCUT2D eigenvalue weighted by Crippen LogP contribution is 2.34. The fraction of sp³-hybridized carbons (Fsp3) is 1.00. The van der Waals surface area contributed by atoms with E-state index in [0.717, 1.165) is 32.3 Å². The molecular formula is C15H29NO2. The van der Waals surface area contributed by atoms with E-state index in [-0.39, 0.29) is 11.6 Å². The third kappa shape index (κ3) is 3.46. The normalized spacial score (nSPS) is 30.0. The first-order chi connectivity index (χ1) is 8.77. The molecule has 2 atom stereocenters. The van der Waals surface area contributed by atoms with Gasteiger partial charge in [-0.05, 0) is 38.5 Å². The molecule has 1 heterocycles. The largest absolute Gasteiger partial charge is 0.378 e. The molecular weight excluding hydrogens is 226 g/mol. The molecule has 1 saturated heterocycles. The maximum Gasteiger partial charge on any atom is 0.0828 e. The minimum atomic E-state index is -0.0604. The van der Waals surface area contributed by atoms with Gasteiger partial charge in [-0.15, -0.1) is 0 Å². The molecule has 0 bridgehead atoms. The molecule has 106 valence electrons. The van der Waals surface area contributed by atoms with Crippen molar-refractivity contribution in [3.8, 4) is 0 Å². The second-order valence-corrected chi connectivity index (χ2v) is 6.00. The van der Waals surface area contributed by atoms with Crippen molar-refractivity contribution in [2.45, 2.75) is 82.0 Å². The van der Waals surface area contributed by atoms with Gasteiger partial charge in [-0.1, -0.05) is 25.7 Å². The second-order valence-electron chi connectivity index (χ2n) is 6.00. The first-order valence-corrected chi connectivity index (χ1v) is 7.69. The molecule has 0 radical (unpaired) electrons. The van der Waals surface area contributed by atoms with Gasteiger partial charge in [0, 0.05) is 19.8 Å². The summed E-state index contributed by atoms with van der Waals surface area (Å²) in [7, 11) is 1.84. The van der Waals surface area contributed by atoms with Crippen molar-refractivity contribution in [2.24, 2.45) is 5.73 Å². The van der Waals surface area contributed by atoms with Gasteiger partial charge in [0.15, 0.2) is 0 Å². The van der Waals surface area contributed by atoms with E-state index in [1.165, 1.54) is 38.5 Å². The molecule has 0 spiro atoms. The van der Waals surface area contributed by atoms with Gasteiger partial charge in [0.1, 0.15) is 0 Å². The Morgan fingerprint density at radius 1 is 1.22 bits per heavy atom. The average molecular weight is 255 g/mol. The summed E-state index contributed by atoms with van der Waals surface area (Å²) in [6, 6.07) is 0.171. The van der Waals surface area contributed by atoms with Gasteiger partial charge < -0.3 is 15.2 Å². The molecule has 0 aromatic heterocycles. The first-order valence-electron chi connectivity index (χ1n) is 7.69. The van der Waals surface area contributed by atoms with Gasteiger partial charge >= 0.3 is 0 Å². The molecule has 3 nitrogen and oxygen atoms in total. The van der Waals surface area contributed by atoms with Crippen LogP contribution in [0.25, 0.3) is 0 Å². The summed E-state index contributed by atoms with van der Waals surface area (Å²) >= 11 is 0. The van der Waals surface area contributed by atoms with Crippen molar-refractivity contribution in [1.82, 2.24) is 0 Å². The SMILES string of the molecule is COC1(C(N)CCC2CCCO2)CCCCCC1. The summed E-state index contributed by atoms with van der Waals surface area (Å²) in [5.41, 5.74) is 6.40. The topological polar surface area (TPSA) is 44.5 Å². The summed E-state index contributed by atoms with van der Waals surface area (Å²) < 4.78 is 11.6. The maximum absolute atomic E-state index is 6.46. The van der Waals surface area contributed by atoms with E-state index in [9.17, 15) is 0 Å². The molecule has 1 aliphatic heterocycles. The lowest BCUT2D eigenvalue weighted by Gasteiger charge is -2.37. The molecule has 1 saturated carbocycles. The lowest BCUT2D eigenvalue weighted by Crippen LogP contribution is -2.49. The van der Waals surface area contributed by atoms with Crippen molar-refractivity contribution < 1.29 is 9.47 Å². The highest BCUT2D eigenvalue weighted by molar-refractivity contribution is 4.93. The van der Waals surface area contributed by atoms with E-state index >= 15 is 0 Å². The Morgan fingerprint density at radius 2 is 1.94 bits per heavy atom. The van der Waals surface area contributed by atoms with Gasteiger partial charge in [-0.3, -0.25) is 0 Å². The van der Waals surface area contributed by atoms with Crippen LogP contribution in [0.1, 0.15) is 64.2 Å². The third-order valence-electron chi connectivity index (χ3n) is 4.86. The van der Waals surface area contributed by atoms with E-state index in [1.807, 2.05) is 7.11 Å². The van der Waals surface area contributed by atoms with Gasteiger partial charge in [-0.25, -0.2) is 0 Å². The van der Waals surface area contributed by atoms with Crippen molar-refractivity contribution in [3.05, 3.63) is 0 Å². The van der Waals surface area contributed by atoms with Crippen LogP contribution in [-0.4, -0.2) is 31.5 Å². The first kappa shape index (κ1) is 14.3. The molecule has 2 unspecified atom stereocenters. The summed E-state index contributed by atoms with van der Waals surface area (Å²) in [4.78, 5) is 0. The molecule has 0 aromatic rings. The number of hydrogen-bond acceptors (Lipinski definition) is 3. The van der Waals surface area contributed by atoms with Gasteiger partial charge in [0.05, 0.1) is 11.7 Å². The zero-order valence-electron chi connectivity index (χ0n) is 11.8. The van der Waals surface area contributed by atoms with Crippen LogP contribution in [0.15, 0.2) is 0 Å². The number of methoxy groups -OCH3 is 1. The quantitative estimate of drug-likeness (QED) is 0.768. The van der Waals surface area contributed by atoms with Crippen LogP contribution in [0, 0.1) is 0 Å². The maximum atomic E-state index is 6.46. The molecule has 3 heteroatoms. The van der Waals surface area contributed by atoms with E-state index in [1.54, 1.807) is 0 Å². The standard InChI is InChI=1S/C15H29NO2/c1-17-15(10-4-2-3-5-11-15)14(16)9-8-13-7-6-12-18-13/h13-14H,2-12,16H2,1H3. The molecule has 2 N–H and O–H groups in total. The van der Waals surface area contributed by atoms with Crippen molar-refractivity contribution in [3.63, 3.8) is 0 Å². The highest BCUT2D eigenvalue weighted by Gasteiger charge is 2.37. The smallest absolute Gasteiger partial charge is 0.0828 e. The van der Waals surface area contributed by atoms with Crippen LogP contribution in [0.4, 0.5) is 0 Å². The Kier molecular flexibility index (Phi) is 5.46. The fourth-order valence-electron chi connectivity index (χ4n) is 3.55. The van der Waals surface area contributed by atoms with Crippen molar-refractivity contribution in [2.75, 3.05) is 13.7 Å². The summed E-state index contributed by atoms with van der Waals surface area (Å²) in [6.07, 6.45) is 12.5. The lowest BCUT2D eigenvalue weighted by molar-refractivity contribution is -0.0478. The van der Waals surface area contributed by atoms with E-state index in [0.29, 0.717) is 6.10 Å². The van der Waals surface area contributed by atoms with Crippen LogP contribution in [0.5, 0.6) is 0 Å². The minimum Gasteiger partial charge on any atom is -0.378 e. The predicted octanol–water partition coefficient (Wildman–Crippen LogP) is 3.01. The summed E-state index contributed by atoms with van der Waals surface area (Å²) in [5, 5.41) is 0. The number of rotatable bonds is 5. The van der Waals surface area contributed by atoms with Crippen LogP contribution in [-0.2, 0) is 9.47 Å². The Labute approximate surface area is 111 Å². The monoisotopic (exact) mass is 255 g/mol. The molecule has 2 aliphatic rings. The second kappa shape index (κ2) is 6.88. The Hall–Kier alpha value is -0.120. The molecule has 2 rings (SSSR count). The Morgan fingerprint density at radius 3 is 2.50 bits per heavy atom. The summed E-state index contributed by atoms with van der Waals surface area (Å²) in [5.74, 6) is 0. The van der Waals surface area contributed by atoms with Crippen LogP contribution >= 0.6 is 0 Å². The van der Waals surface area contributed by atoms with Crippen LogP contribution in [0.2, 0.25) is 0 Å². The van der Waals surface area contributed by atoms with Crippen LogP contribution < -0.4 is 5.73 Å². The van der Waals surface area contributed by atoms with E-state index < -0.39 is 0 Å². The number of ether oxygens (including phenoxy) is 2. The number of nitrogens with two attached hydrogens (primary N) is 1. The van der Waals surface area contributed by atoms with Gasteiger partial charge in [0.25, 0.3) is 0 Å². The fourth-order valence-corrected chi connectivity index (χ4v) is 3.55. The average Bonchev–Trinajstić information content (AvgIpc) is 2.79. The zero-order chi connectivity index (χ0) is 12.8. The lowest BCUT2D eigenvalue weighted by atomic mass is 9.83. The molecule has 0 aromatic carbocycles. The summed E-state index contributed by atoms with van der Waals surface area (Å²) in [6.45, 7) is 0.940. The Bertz CT molecular complexity index is 231.